The lowest BCUT2D eigenvalue weighted by molar-refractivity contribution is -0.117. The molecule has 1 atom stereocenters. The molecule has 2 N–H and O–H groups in total. The number of carbonyl (C=O) groups excluding carboxylic acids is 1. The summed E-state index contributed by atoms with van der Waals surface area (Å²) in [4.78, 5) is 10.7. The monoisotopic (exact) mass is 219 g/mol. The Hall–Kier alpha value is -0.740. The summed E-state index contributed by atoms with van der Waals surface area (Å²) in [6.45, 7) is 0. The minimum Gasteiger partial charge on any atom is -0.368 e. The van der Waals surface area contributed by atoms with Gasteiger partial charge in [-0.05, 0) is 17.7 Å². The number of hydrogen-bond acceptors (Lipinski definition) is 2. The molecule has 0 aliphatic carbocycles. The number of thiol groups is 1. The van der Waals surface area contributed by atoms with Crippen LogP contribution in [-0.4, -0.2) is 5.91 Å². The van der Waals surface area contributed by atoms with E-state index in [1.807, 2.05) is 0 Å². The van der Waals surface area contributed by atoms with Crippen LogP contribution in [0.15, 0.2) is 18.2 Å². The number of hydrogen-bond donors (Lipinski definition) is 2. The highest BCUT2D eigenvalue weighted by molar-refractivity contribution is 7.81. The van der Waals surface area contributed by atoms with Gasteiger partial charge in [-0.1, -0.05) is 17.7 Å². The van der Waals surface area contributed by atoms with E-state index in [2.05, 4.69) is 12.6 Å². The number of nitrogens with two attached hydrogens (primary N) is 1. The van der Waals surface area contributed by atoms with Crippen molar-refractivity contribution in [3.05, 3.63) is 34.6 Å². The minimum atomic E-state index is -0.752. The van der Waals surface area contributed by atoms with Crippen LogP contribution in [-0.2, 0) is 4.79 Å². The maximum Gasteiger partial charge on any atom is 0.234 e. The molecule has 1 aromatic rings. The third-order valence-corrected chi connectivity index (χ3v) is 2.37. The Morgan fingerprint density at radius 2 is 2.23 bits per heavy atom. The first-order chi connectivity index (χ1) is 6.02. The molecule has 70 valence electrons. The fourth-order valence-electron chi connectivity index (χ4n) is 0.847. The smallest absolute Gasteiger partial charge is 0.234 e. The van der Waals surface area contributed by atoms with E-state index in [1.165, 1.54) is 18.2 Å². The Balaban J connectivity index is 3.03. The standard InChI is InChI=1S/C8H7ClFNOS/c9-5-3-4(1-2-6(5)10)7(13)8(11)12/h1-3,7,13H,(H2,11,12). The molecule has 0 aliphatic heterocycles. The van der Waals surface area contributed by atoms with Crippen molar-refractivity contribution in [2.24, 2.45) is 5.73 Å². The highest BCUT2D eigenvalue weighted by Crippen LogP contribution is 2.24. The molecule has 13 heavy (non-hydrogen) atoms. The third-order valence-electron chi connectivity index (χ3n) is 1.53. The average Bonchev–Trinajstić information content (AvgIpc) is 2.08. The summed E-state index contributed by atoms with van der Waals surface area (Å²) < 4.78 is 12.7. The van der Waals surface area contributed by atoms with E-state index in [1.54, 1.807) is 0 Å². The van der Waals surface area contributed by atoms with Crippen molar-refractivity contribution < 1.29 is 9.18 Å². The van der Waals surface area contributed by atoms with Gasteiger partial charge in [0.25, 0.3) is 0 Å². The first-order valence-electron chi connectivity index (χ1n) is 3.44. The van der Waals surface area contributed by atoms with E-state index in [0.29, 0.717) is 5.56 Å². The average molecular weight is 220 g/mol. The summed E-state index contributed by atoms with van der Waals surface area (Å²) in [5.41, 5.74) is 5.49. The largest absolute Gasteiger partial charge is 0.368 e. The lowest BCUT2D eigenvalue weighted by Crippen LogP contribution is -2.17. The van der Waals surface area contributed by atoms with Crippen LogP contribution in [0.1, 0.15) is 10.8 Å². The highest BCUT2D eigenvalue weighted by Gasteiger charge is 2.13. The quantitative estimate of drug-likeness (QED) is 0.734. The molecule has 0 fully saturated rings. The molecule has 2 nitrogen and oxygen atoms in total. The summed E-state index contributed by atoms with van der Waals surface area (Å²) >= 11 is 9.44. The van der Waals surface area contributed by atoms with Crippen molar-refractivity contribution in [2.75, 3.05) is 0 Å². The number of carbonyl (C=O) groups is 1. The minimum absolute atomic E-state index is 0.0437. The van der Waals surface area contributed by atoms with E-state index in [-0.39, 0.29) is 5.02 Å². The number of benzene rings is 1. The molecule has 1 aromatic carbocycles. The molecule has 0 saturated carbocycles. The second-order valence-corrected chi connectivity index (χ2v) is 3.40. The van der Waals surface area contributed by atoms with Gasteiger partial charge in [-0.15, -0.1) is 0 Å². The zero-order chi connectivity index (χ0) is 10.0. The maximum absolute atomic E-state index is 12.7. The van der Waals surface area contributed by atoms with Gasteiger partial charge in [-0.2, -0.15) is 12.6 Å². The molecule has 5 heteroatoms. The Morgan fingerprint density at radius 3 is 2.69 bits per heavy atom. The molecule has 0 radical (unpaired) electrons. The van der Waals surface area contributed by atoms with Gasteiger partial charge in [0.15, 0.2) is 0 Å². The molecule has 0 heterocycles. The normalized spacial score (nSPS) is 12.5. The molecular formula is C8H7ClFNOS. The second kappa shape index (κ2) is 3.98. The van der Waals surface area contributed by atoms with E-state index in [0.717, 1.165) is 0 Å². The second-order valence-electron chi connectivity index (χ2n) is 2.48. The summed E-state index contributed by atoms with van der Waals surface area (Å²) in [5.74, 6) is -1.12. The van der Waals surface area contributed by atoms with Gasteiger partial charge in [0.1, 0.15) is 11.1 Å². The first-order valence-corrected chi connectivity index (χ1v) is 4.34. The summed E-state index contributed by atoms with van der Waals surface area (Å²) in [6.07, 6.45) is 0. The topological polar surface area (TPSA) is 43.1 Å². The summed E-state index contributed by atoms with van der Waals surface area (Å²) in [5, 5.41) is -0.795. The van der Waals surface area contributed by atoms with E-state index >= 15 is 0 Å². The van der Waals surface area contributed by atoms with Crippen molar-refractivity contribution in [3.63, 3.8) is 0 Å². The first kappa shape index (κ1) is 10.3. The summed E-state index contributed by atoms with van der Waals surface area (Å²) in [6, 6.07) is 3.92. The molecule has 0 aromatic heterocycles. The molecule has 1 rings (SSSR count). The Kier molecular flexibility index (Phi) is 3.17. The third kappa shape index (κ3) is 2.35. The van der Waals surface area contributed by atoms with Gasteiger partial charge in [0.05, 0.1) is 5.02 Å². The van der Waals surface area contributed by atoms with Crippen molar-refractivity contribution >= 4 is 30.1 Å². The van der Waals surface area contributed by atoms with E-state index in [4.69, 9.17) is 17.3 Å². The predicted molar refractivity (Wildman–Crippen MR) is 52.3 cm³/mol. The van der Waals surface area contributed by atoms with Crippen LogP contribution in [0.3, 0.4) is 0 Å². The number of primary amides is 1. The van der Waals surface area contributed by atoms with Crippen LogP contribution >= 0.6 is 24.2 Å². The van der Waals surface area contributed by atoms with Crippen molar-refractivity contribution in [1.29, 1.82) is 0 Å². The van der Waals surface area contributed by atoms with Crippen molar-refractivity contribution in [3.8, 4) is 0 Å². The predicted octanol–water partition coefficient (Wildman–Crippen LogP) is 1.94. The maximum atomic E-state index is 12.7. The fourth-order valence-corrected chi connectivity index (χ4v) is 1.20. The molecule has 1 amide bonds. The van der Waals surface area contributed by atoms with E-state index in [9.17, 15) is 9.18 Å². The molecular weight excluding hydrogens is 213 g/mol. The van der Waals surface area contributed by atoms with Crippen molar-refractivity contribution in [1.82, 2.24) is 0 Å². The zero-order valence-corrected chi connectivity index (χ0v) is 8.15. The SMILES string of the molecule is NC(=O)C(S)c1ccc(F)c(Cl)c1. The van der Waals surface area contributed by atoms with Gasteiger partial charge in [-0.25, -0.2) is 4.39 Å². The van der Waals surface area contributed by atoms with Crippen LogP contribution in [0.25, 0.3) is 0 Å². The van der Waals surface area contributed by atoms with Crippen LogP contribution in [0, 0.1) is 5.82 Å². The van der Waals surface area contributed by atoms with E-state index < -0.39 is 17.0 Å². The van der Waals surface area contributed by atoms with Gasteiger partial charge in [0, 0.05) is 0 Å². The van der Waals surface area contributed by atoms with Crippen LogP contribution in [0.4, 0.5) is 4.39 Å². The lowest BCUT2D eigenvalue weighted by Gasteiger charge is -2.06. The van der Waals surface area contributed by atoms with Gasteiger partial charge in [-0.3, -0.25) is 4.79 Å². The highest BCUT2D eigenvalue weighted by atomic mass is 35.5. The zero-order valence-electron chi connectivity index (χ0n) is 6.50. The van der Waals surface area contributed by atoms with Gasteiger partial charge >= 0.3 is 0 Å². The molecule has 0 spiro atoms. The van der Waals surface area contributed by atoms with Crippen LogP contribution < -0.4 is 5.73 Å². The number of halogens is 2. The van der Waals surface area contributed by atoms with Crippen molar-refractivity contribution in [2.45, 2.75) is 5.25 Å². The van der Waals surface area contributed by atoms with Crippen LogP contribution in [0.2, 0.25) is 5.02 Å². The Labute approximate surface area is 85.3 Å². The van der Waals surface area contributed by atoms with Gasteiger partial charge in [0.2, 0.25) is 5.91 Å². The number of amides is 1. The molecule has 0 bridgehead atoms. The Bertz CT molecular complexity index is 345. The fraction of sp³-hybridized carbons (Fsp3) is 0.125. The molecule has 0 aliphatic rings. The lowest BCUT2D eigenvalue weighted by atomic mass is 10.1. The molecule has 1 unspecified atom stereocenters. The molecule has 0 saturated heterocycles. The summed E-state index contributed by atoms with van der Waals surface area (Å²) in [7, 11) is 0. The Morgan fingerprint density at radius 1 is 1.62 bits per heavy atom. The number of rotatable bonds is 2. The van der Waals surface area contributed by atoms with Crippen LogP contribution in [0.5, 0.6) is 0 Å². The van der Waals surface area contributed by atoms with Gasteiger partial charge < -0.3 is 5.73 Å².